The van der Waals surface area contributed by atoms with Crippen molar-refractivity contribution in [2.45, 2.75) is 33.4 Å². The lowest BCUT2D eigenvalue weighted by Gasteiger charge is -2.23. The van der Waals surface area contributed by atoms with E-state index in [1.807, 2.05) is 30.3 Å². The molecule has 15 heteroatoms. The second-order valence-electron chi connectivity index (χ2n) is 9.54. The highest BCUT2D eigenvalue weighted by atomic mass is 32.1. The molecule has 4 aromatic rings. The Morgan fingerprint density at radius 2 is 1.78 bits per heavy atom. The molecule has 0 saturated heterocycles. The van der Waals surface area contributed by atoms with E-state index in [0.717, 1.165) is 23.0 Å². The molecule has 14 nitrogen and oxygen atoms in total. The van der Waals surface area contributed by atoms with Crippen molar-refractivity contribution >= 4 is 40.7 Å². The number of nitro benzene ring substituents is 1. The molecule has 232 valence electrons. The molecule has 1 aliphatic heterocycles. The summed E-state index contributed by atoms with van der Waals surface area (Å²) in [4.78, 5) is 53.7. The molecule has 0 unspecified atom stereocenters. The van der Waals surface area contributed by atoms with Crippen molar-refractivity contribution in [1.29, 1.82) is 0 Å². The number of nitrogens with zero attached hydrogens (tertiary/aromatic N) is 4. The molecule has 0 saturated carbocycles. The molecule has 0 amide bonds. The summed E-state index contributed by atoms with van der Waals surface area (Å²) >= 11 is 0.928. The molecule has 0 fully saturated rings. The Balaban J connectivity index is 1.69. The van der Waals surface area contributed by atoms with Crippen LogP contribution in [0.25, 0.3) is 11.8 Å². The van der Waals surface area contributed by atoms with Crippen molar-refractivity contribution < 1.29 is 33.3 Å². The number of rotatable bonds is 11. The second-order valence-corrected chi connectivity index (χ2v) is 10.5. The number of ether oxygens (including phenoxy) is 3. The van der Waals surface area contributed by atoms with Gasteiger partial charge in [0.05, 0.1) is 41.4 Å². The van der Waals surface area contributed by atoms with Crippen molar-refractivity contribution in [1.82, 2.24) is 4.57 Å². The number of fused-ring (bicyclic) bond motifs is 1. The number of benzene rings is 2. The minimum atomic E-state index is -1.25. The van der Waals surface area contributed by atoms with E-state index < -0.39 is 33.3 Å². The van der Waals surface area contributed by atoms with Crippen LogP contribution >= 0.6 is 11.3 Å². The summed E-state index contributed by atoms with van der Waals surface area (Å²) in [6.07, 6.45) is 1.32. The average Bonchev–Trinajstić information content (AvgIpc) is 3.61. The van der Waals surface area contributed by atoms with Crippen molar-refractivity contribution in [3.8, 4) is 11.5 Å². The molecule has 45 heavy (non-hydrogen) atoms. The minimum Gasteiger partial charge on any atom is -0.490 e. The maximum atomic E-state index is 13.5. The lowest BCUT2D eigenvalue weighted by molar-refractivity contribution is -0.402. The van der Waals surface area contributed by atoms with Gasteiger partial charge >= 0.3 is 11.9 Å². The van der Waals surface area contributed by atoms with Crippen molar-refractivity contribution in [2.24, 2.45) is 4.99 Å². The van der Waals surface area contributed by atoms with Gasteiger partial charge in [-0.2, -0.15) is 0 Å². The van der Waals surface area contributed by atoms with E-state index in [2.05, 4.69) is 4.99 Å². The summed E-state index contributed by atoms with van der Waals surface area (Å²) in [7, 11) is 0. The Morgan fingerprint density at radius 3 is 2.42 bits per heavy atom. The highest BCUT2D eigenvalue weighted by Gasteiger charge is 2.36. The fourth-order valence-corrected chi connectivity index (χ4v) is 5.77. The first kappa shape index (κ1) is 30.9. The summed E-state index contributed by atoms with van der Waals surface area (Å²) in [5.41, 5.74) is -0.00210. The molecule has 0 radical (unpaired) electrons. The number of thiazole rings is 1. The van der Waals surface area contributed by atoms with Gasteiger partial charge in [-0.15, -0.1) is 0 Å². The van der Waals surface area contributed by atoms with E-state index >= 15 is 0 Å². The first-order valence-electron chi connectivity index (χ1n) is 13.7. The van der Waals surface area contributed by atoms with Crippen LogP contribution in [0, 0.1) is 20.2 Å². The van der Waals surface area contributed by atoms with Crippen molar-refractivity contribution in [3.05, 3.63) is 117 Å². The molecular formula is C30H26N4O10S. The zero-order valence-corrected chi connectivity index (χ0v) is 25.1. The third kappa shape index (κ3) is 6.24. The van der Waals surface area contributed by atoms with Gasteiger partial charge in [0, 0.05) is 11.8 Å². The van der Waals surface area contributed by atoms with E-state index in [9.17, 15) is 29.8 Å². The predicted octanol–water partition coefficient (Wildman–Crippen LogP) is 4.29. The Hall–Kier alpha value is -5.57. The molecule has 5 rings (SSSR count). The Kier molecular flexibility index (Phi) is 8.90. The standard InChI is InChI=1S/C30H26N4O10S/c1-4-41-22-14-20(21(33(37)38)15-23(22)43-16-18-9-7-6-8-10-18)27-26(29(36)42-5-2)17(3)32-28(35)24(45-30(32)31-27)13-19-11-12-25(44-19)34(39)40/h6-15,27H,4-5,16H2,1-3H3/b24-13+/t27-/m0/s1. The predicted molar refractivity (Wildman–Crippen MR) is 162 cm³/mol. The van der Waals surface area contributed by atoms with E-state index in [0.29, 0.717) is 0 Å². The van der Waals surface area contributed by atoms with Crippen LogP contribution in [-0.4, -0.2) is 33.6 Å². The number of carbonyl (C=O) groups is 1. The van der Waals surface area contributed by atoms with Crippen molar-refractivity contribution in [2.75, 3.05) is 13.2 Å². The molecule has 2 aromatic carbocycles. The molecular weight excluding hydrogens is 608 g/mol. The molecule has 3 heterocycles. The smallest absolute Gasteiger partial charge is 0.433 e. The summed E-state index contributed by atoms with van der Waals surface area (Å²) in [6.45, 7) is 5.21. The van der Waals surface area contributed by atoms with Gasteiger partial charge in [0.15, 0.2) is 16.3 Å². The van der Waals surface area contributed by atoms with Gasteiger partial charge in [-0.1, -0.05) is 41.7 Å². The van der Waals surface area contributed by atoms with Gasteiger partial charge in [-0.05, 0) is 38.5 Å². The monoisotopic (exact) mass is 634 g/mol. The third-order valence-electron chi connectivity index (χ3n) is 6.73. The van der Waals surface area contributed by atoms with Crippen LogP contribution in [0.3, 0.4) is 0 Å². The van der Waals surface area contributed by atoms with Gasteiger partial charge in [0.1, 0.15) is 27.9 Å². The van der Waals surface area contributed by atoms with Gasteiger partial charge in [-0.3, -0.25) is 29.6 Å². The maximum absolute atomic E-state index is 13.5. The van der Waals surface area contributed by atoms with Crippen LogP contribution in [0.4, 0.5) is 11.6 Å². The van der Waals surface area contributed by atoms with Crippen LogP contribution in [0.5, 0.6) is 11.5 Å². The second kappa shape index (κ2) is 13.0. The van der Waals surface area contributed by atoms with Gasteiger partial charge in [-0.25, -0.2) is 9.79 Å². The van der Waals surface area contributed by atoms with Crippen LogP contribution < -0.4 is 24.4 Å². The summed E-state index contributed by atoms with van der Waals surface area (Å²) < 4.78 is 23.5. The zero-order chi connectivity index (χ0) is 32.2. The Bertz CT molecular complexity index is 2010. The normalized spacial score (nSPS) is 14.5. The SMILES string of the molecule is CCOC(=O)C1=C(C)n2c(s/c(=C/c3ccc([N+](=O)[O-])o3)c2=O)=N[C@H]1c1cc(OCC)c(OCc2ccccc2)cc1[N+](=O)[O-]. The quantitative estimate of drug-likeness (QED) is 0.131. The van der Waals surface area contributed by atoms with Crippen LogP contribution in [-0.2, 0) is 16.1 Å². The van der Waals surface area contributed by atoms with Gasteiger partial charge in [0.2, 0.25) is 0 Å². The van der Waals surface area contributed by atoms with Gasteiger partial charge in [0.25, 0.3) is 11.2 Å². The highest BCUT2D eigenvalue weighted by Crippen LogP contribution is 2.43. The van der Waals surface area contributed by atoms with E-state index in [-0.39, 0.29) is 68.9 Å². The number of allylic oxidation sites excluding steroid dienone is 1. The van der Waals surface area contributed by atoms with E-state index in [1.165, 1.54) is 35.8 Å². The third-order valence-corrected chi connectivity index (χ3v) is 7.71. The van der Waals surface area contributed by atoms with Crippen LogP contribution in [0.2, 0.25) is 0 Å². The molecule has 0 spiro atoms. The largest absolute Gasteiger partial charge is 0.490 e. The van der Waals surface area contributed by atoms with E-state index in [1.54, 1.807) is 13.8 Å². The number of furan rings is 1. The maximum Gasteiger partial charge on any atom is 0.433 e. The topological polar surface area (TPSA) is 179 Å². The van der Waals surface area contributed by atoms with Crippen LogP contribution in [0.1, 0.15) is 43.7 Å². The van der Waals surface area contributed by atoms with E-state index in [4.69, 9.17) is 18.6 Å². The van der Waals surface area contributed by atoms with Crippen molar-refractivity contribution in [3.63, 3.8) is 0 Å². The molecule has 0 aliphatic carbocycles. The summed E-state index contributed by atoms with van der Waals surface area (Å²) in [5, 5.41) is 23.4. The first-order valence-corrected chi connectivity index (χ1v) is 14.5. The Morgan fingerprint density at radius 1 is 1.04 bits per heavy atom. The summed E-state index contributed by atoms with van der Waals surface area (Å²) in [6, 6.07) is 13.1. The number of aromatic nitrogens is 1. The molecule has 1 aliphatic rings. The van der Waals surface area contributed by atoms with Crippen LogP contribution in [0.15, 0.2) is 74.4 Å². The lowest BCUT2D eigenvalue weighted by atomic mass is 9.94. The number of carbonyl (C=O) groups excluding carboxylic acids is 1. The molecule has 0 bridgehead atoms. The Labute approximate surface area is 258 Å². The minimum absolute atomic E-state index is 0.00256. The molecule has 0 N–H and O–H groups in total. The van der Waals surface area contributed by atoms with Gasteiger partial charge < -0.3 is 18.6 Å². The summed E-state index contributed by atoms with van der Waals surface area (Å²) in [5.74, 6) is -0.918. The fraction of sp³-hybridized carbons (Fsp3) is 0.233. The molecule has 2 aromatic heterocycles. The first-order chi connectivity index (χ1) is 21.6. The fourth-order valence-electron chi connectivity index (χ4n) is 4.75. The number of hydrogen-bond donors (Lipinski definition) is 0. The zero-order valence-electron chi connectivity index (χ0n) is 24.3. The number of nitro groups is 2. The highest BCUT2D eigenvalue weighted by molar-refractivity contribution is 7.07. The number of hydrogen-bond acceptors (Lipinski definition) is 12. The number of esters is 1. The molecule has 1 atom stereocenters. The average molecular weight is 635 g/mol. The lowest BCUT2D eigenvalue weighted by Crippen LogP contribution is -2.35.